The van der Waals surface area contributed by atoms with Crippen molar-refractivity contribution < 1.29 is 0 Å². The number of unbranched alkanes of at least 4 members (excludes halogenated alkanes) is 1. The molecule has 0 aromatic rings. The Morgan fingerprint density at radius 2 is 1.26 bits per heavy atom. The van der Waals surface area contributed by atoms with Crippen LogP contribution in [0.4, 0.5) is 0 Å². The van der Waals surface area contributed by atoms with Crippen LogP contribution in [0.3, 0.4) is 0 Å². The molecule has 0 saturated heterocycles. The number of hydrogen-bond acceptors (Lipinski definition) is 0. The van der Waals surface area contributed by atoms with E-state index in [-0.39, 0.29) is 0 Å². The fourth-order valence-electron chi connectivity index (χ4n) is 5.55. The van der Waals surface area contributed by atoms with E-state index in [4.69, 9.17) is 0 Å². The first-order chi connectivity index (χ1) is 13.1. The molecule has 1 aliphatic carbocycles. The van der Waals surface area contributed by atoms with Gasteiger partial charge < -0.3 is 0 Å². The molecule has 0 amide bonds. The van der Waals surface area contributed by atoms with Crippen molar-refractivity contribution in [2.75, 3.05) is 0 Å². The third-order valence-electron chi connectivity index (χ3n) is 6.87. The van der Waals surface area contributed by atoms with Gasteiger partial charge in [-0.2, -0.15) is 0 Å². The van der Waals surface area contributed by atoms with Gasteiger partial charge in [0.1, 0.15) is 0 Å². The van der Waals surface area contributed by atoms with Crippen molar-refractivity contribution in [3.05, 3.63) is 0 Å². The summed E-state index contributed by atoms with van der Waals surface area (Å²) in [5, 5.41) is 0. The molecule has 0 radical (unpaired) electrons. The molecule has 2 unspecified atom stereocenters. The van der Waals surface area contributed by atoms with Gasteiger partial charge in [-0.05, 0) is 48.9 Å². The van der Waals surface area contributed by atoms with Gasteiger partial charge in [0.05, 0.1) is 0 Å². The fourth-order valence-corrected chi connectivity index (χ4v) is 5.55. The molecule has 0 aliphatic heterocycles. The van der Waals surface area contributed by atoms with E-state index in [1.807, 2.05) is 13.8 Å². The predicted octanol–water partition coefficient (Wildman–Crippen LogP) is 10.1. The van der Waals surface area contributed by atoms with Crippen LogP contribution in [0.15, 0.2) is 0 Å². The molecule has 0 spiro atoms. The van der Waals surface area contributed by atoms with Gasteiger partial charge in [0.25, 0.3) is 0 Å². The van der Waals surface area contributed by atoms with Gasteiger partial charge in [-0.3, -0.25) is 0 Å². The van der Waals surface area contributed by atoms with Gasteiger partial charge in [-0.25, -0.2) is 0 Å². The molecule has 0 N–H and O–H groups in total. The molecule has 1 saturated carbocycles. The Morgan fingerprint density at radius 3 is 1.78 bits per heavy atom. The molecular weight excluding hydrogens is 324 g/mol. The third kappa shape index (κ3) is 13.0. The van der Waals surface area contributed by atoms with Gasteiger partial charge in [0, 0.05) is 0 Å². The standard InChI is InChI=1S/C25H50.C2H6/c1-6-9-13-22(11-7-2)14-10-15-24(12-8-3)25-18-16-23(17-19-25)20-21(4)5;1-2/h21-25H,6-20H2,1-5H3;1-2H3. The summed E-state index contributed by atoms with van der Waals surface area (Å²) in [6.45, 7) is 15.9. The van der Waals surface area contributed by atoms with Gasteiger partial charge in [0.15, 0.2) is 0 Å². The van der Waals surface area contributed by atoms with Crippen molar-refractivity contribution in [1.82, 2.24) is 0 Å². The third-order valence-corrected chi connectivity index (χ3v) is 6.87. The van der Waals surface area contributed by atoms with E-state index in [0.29, 0.717) is 0 Å². The summed E-state index contributed by atoms with van der Waals surface area (Å²) < 4.78 is 0. The minimum atomic E-state index is 0.895. The lowest BCUT2D eigenvalue weighted by molar-refractivity contribution is 0.169. The van der Waals surface area contributed by atoms with Crippen LogP contribution in [0.25, 0.3) is 0 Å². The van der Waals surface area contributed by atoms with Crippen LogP contribution in [0.1, 0.15) is 145 Å². The summed E-state index contributed by atoms with van der Waals surface area (Å²) >= 11 is 0. The van der Waals surface area contributed by atoms with Crippen molar-refractivity contribution >= 4 is 0 Å². The van der Waals surface area contributed by atoms with Gasteiger partial charge in [-0.15, -0.1) is 0 Å². The molecule has 0 heterocycles. The molecule has 0 aromatic heterocycles. The minimum absolute atomic E-state index is 0.895. The second-order valence-corrected chi connectivity index (χ2v) is 9.69. The molecule has 1 aliphatic rings. The highest BCUT2D eigenvalue weighted by atomic mass is 14.3. The van der Waals surface area contributed by atoms with E-state index < -0.39 is 0 Å². The van der Waals surface area contributed by atoms with Gasteiger partial charge in [0.2, 0.25) is 0 Å². The molecule has 0 aromatic carbocycles. The monoisotopic (exact) mass is 380 g/mol. The summed E-state index contributed by atoms with van der Waals surface area (Å²) in [7, 11) is 0. The number of hydrogen-bond donors (Lipinski definition) is 0. The lowest BCUT2D eigenvalue weighted by Crippen LogP contribution is -2.23. The van der Waals surface area contributed by atoms with Crippen LogP contribution < -0.4 is 0 Å². The van der Waals surface area contributed by atoms with Crippen molar-refractivity contribution in [1.29, 1.82) is 0 Å². The van der Waals surface area contributed by atoms with Gasteiger partial charge in [-0.1, -0.05) is 126 Å². The van der Waals surface area contributed by atoms with Crippen LogP contribution in [0, 0.1) is 29.6 Å². The zero-order valence-electron chi connectivity index (χ0n) is 20.5. The van der Waals surface area contributed by atoms with Crippen LogP contribution in [0.5, 0.6) is 0 Å². The molecule has 164 valence electrons. The van der Waals surface area contributed by atoms with E-state index in [1.165, 1.54) is 96.3 Å². The van der Waals surface area contributed by atoms with Gasteiger partial charge >= 0.3 is 0 Å². The maximum Gasteiger partial charge on any atom is -0.0386 e. The molecule has 0 bridgehead atoms. The van der Waals surface area contributed by atoms with Crippen molar-refractivity contribution in [2.24, 2.45) is 29.6 Å². The maximum atomic E-state index is 2.40. The quantitative estimate of drug-likeness (QED) is 0.281. The molecule has 2 atom stereocenters. The Morgan fingerprint density at radius 1 is 0.667 bits per heavy atom. The van der Waals surface area contributed by atoms with Crippen LogP contribution in [0.2, 0.25) is 0 Å². The predicted molar refractivity (Wildman–Crippen MR) is 126 cm³/mol. The first-order valence-electron chi connectivity index (χ1n) is 13.1. The highest BCUT2D eigenvalue weighted by Gasteiger charge is 2.27. The molecule has 0 nitrogen and oxygen atoms in total. The van der Waals surface area contributed by atoms with E-state index in [0.717, 1.165) is 29.6 Å². The molecule has 1 rings (SSSR count). The van der Waals surface area contributed by atoms with Crippen molar-refractivity contribution in [3.8, 4) is 0 Å². The summed E-state index contributed by atoms with van der Waals surface area (Å²) in [6, 6.07) is 0. The summed E-state index contributed by atoms with van der Waals surface area (Å²) in [4.78, 5) is 0. The average molecular weight is 381 g/mol. The molecule has 1 fully saturated rings. The minimum Gasteiger partial charge on any atom is -0.0683 e. The SMILES string of the molecule is CC.CCCCC(CCC)CCCC(CCC)C1CCC(CC(C)C)CC1. The highest BCUT2D eigenvalue weighted by molar-refractivity contribution is 4.79. The van der Waals surface area contributed by atoms with E-state index in [2.05, 4.69) is 34.6 Å². The first kappa shape index (κ1) is 27.0. The van der Waals surface area contributed by atoms with Crippen LogP contribution >= 0.6 is 0 Å². The summed E-state index contributed by atoms with van der Waals surface area (Å²) in [5.41, 5.74) is 0. The lowest BCUT2D eigenvalue weighted by Gasteiger charge is -2.35. The van der Waals surface area contributed by atoms with E-state index >= 15 is 0 Å². The topological polar surface area (TPSA) is 0 Å². The molecule has 27 heavy (non-hydrogen) atoms. The second-order valence-electron chi connectivity index (χ2n) is 9.69. The normalized spacial score (nSPS) is 22.2. The smallest absolute Gasteiger partial charge is 0.0386 e. The summed E-state index contributed by atoms with van der Waals surface area (Å²) in [5.74, 6) is 5.06. The summed E-state index contributed by atoms with van der Waals surface area (Å²) in [6.07, 6.45) is 22.2. The van der Waals surface area contributed by atoms with Crippen LogP contribution in [-0.4, -0.2) is 0 Å². The Labute approximate surface area is 174 Å². The molecule has 0 heteroatoms. The lowest BCUT2D eigenvalue weighted by atomic mass is 9.71. The van der Waals surface area contributed by atoms with E-state index in [1.54, 1.807) is 0 Å². The number of rotatable bonds is 14. The second kappa shape index (κ2) is 18.1. The Bertz CT molecular complexity index is 284. The van der Waals surface area contributed by atoms with Crippen LogP contribution in [-0.2, 0) is 0 Å². The Kier molecular flexibility index (Phi) is 18.1. The first-order valence-corrected chi connectivity index (χ1v) is 13.1. The maximum absolute atomic E-state index is 2.40. The Hall–Kier alpha value is 0. The highest BCUT2D eigenvalue weighted by Crippen LogP contribution is 2.39. The van der Waals surface area contributed by atoms with E-state index in [9.17, 15) is 0 Å². The van der Waals surface area contributed by atoms with Crippen molar-refractivity contribution in [2.45, 2.75) is 145 Å². The molecular formula is C27H56. The zero-order chi connectivity index (χ0) is 20.5. The zero-order valence-corrected chi connectivity index (χ0v) is 20.5. The average Bonchev–Trinajstić information content (AvgIpc) is 2.67. The Balaban J connectivity index is 0.00000326. The largest absolute Gasteiger partial charge is 0.0683 e. The van der Waals surface area contributed by atoms with Crippen molar-refractivity contribution in [3.63, 3.8) is 0 Å². The fraction of sp³-hybridized carbons (Fsp3) is 1.00.